The van der Waals surface area contributed by atoms with Crippen molar-refractivity contribution >= 4 is 12.0 Å². The Morgan fingerprint density at radius 2 is 1.92 bits per heavy atom. The van der Waals surface area contributed by atoms with Gasteiger partial charge < -0.3 is 14.5 Å². The number of aromatic nitrogens is 6. The predicted molar refractivity (Wildman–Crippen MR) is 84.8 cm³/mol. The molecule has 0 N–H and O–H groups in total. The van der Waals surface area contributed by atoms with Crippen molar-refractivity contribution in [3.63, 3.8) is 0 Å². The van der Waals surface area contributed by atoms with E-state index in [1.54, 1.807) is 23.2 Å². The van der Waals surface area contributed by atoms with E-state index in [9.17, 15) is 4.79 Å². The highest BCUT2D eigenvalue weighted by Gasteiger charge is 2.28. The first-order chi connectivity index (χ1) is 11.4. The van der Waals surface area contributed by atoms with Crippen LogP contribution >= 0.6 is 0 Å². The van der Waals surface area contributed by atoms with E-state index in [4.69, 9.17) is 4.74 Å². The Bertz CT molecular complexity index is 688. The van der Waals surface area contributed by atoms with Crippen LogP contribution in [0.4, 0.5) is 10.7 Å². The Labute approximate surface area is 139 Å². The largest absolute Gasteiger partial charge is 0.444 e. The van der Waals surface area contributed by atoms with Crippen LogP contribution in [-0.4, -0.2) is 73.2 Å². The molecular weight excluding hydrogens is 312 g/mol. The van der Waals surface area contributed by atoms with Crippen molar-refractivity contribution < 1.29 is 9.53 Å². The Hall–Kier alpha value is -2.78. The van der Waals surface area contributed by atoms with E-state index in [1.807, 2.05) is 25.7 Å². The van der Waals surface area contributed by atoms with Gasteiger partial charge in [-0.1, -0.05) is 5.10 Å². The second-order valence-corrected chi connectivity index (χ2v) is 6.43. The molecule has 24 heavy (non-hydrogen) atoms. The first kappa shape index (κ1) is 16.1. The lowest BCUT2D eigenvalue weighted by Gasteiger charge is -2.35. The van der Waals surface area contributed by atoms with Crippen LogP contribution in [-0.2, 0) is 4.74 Å². The van der Waals surface area contributed by atoms with E-state index in [-0.39, 0.29) is 6.09 Å². The summed E-state index contributed by atoms with van der Waals surface area (Å²) in [7, 11) is 0. The normalized spacial score (nSPS) is 15.5. The highest BCUT2D eigenvalue weighted by Crippen LogP contribution is 2.17. The van der Waals surface area contributed by atoms with Crippen molar-refractivity contribution in [2.24, 2.45) is 0 Å². The van der Waals surface area contributed by atoms with E-state index >= 15 is 0 Å². The van der Waals surface area contributed by atoms with Crippen LogP contribution in [0.5, 0.6) is 0 Å². The third kappa shape index (κ3) is 3.58. The summed E-state index contributed by atoms with van der Waals surface area (Å²) in [6, 6.07) is 3.55. The molecule has 0 unspecified atom stereocenters. The van der Waals surface area contributed by atoms with Crippen LogP contribution in [0.1, 0.15) is 20.8 Å². The summed E-state index contributed by atoms with van der Waals surface area (Å²) < 4.78 is 6.94. The van der Waals surface area contributed by atoms with Gasteiger partial charge in [0.1, 0.15) is 5.60 Å². The maximum atomic E-state index is 12.1. The first-order valence-electron chi connectivity index (χ1n) is 7.73. The van der Waals surface area contributed by atoms with E-state index in [1.165, 1.54) is 4.68 Å². The lowest BCUT2D eigenvalue weighted by Crippen LogP contribution is -2.50. The van der Waals surface area contributed by atoms with Crippen LogP contribution < -0.4 is 4.90 Å². The van der Waals surface area contributed by atoms with Crippen LogP contribution in [0.15, 0.2) is 18.3 Å². The molecule has 10 heteroatoms. The third-order valence-corrected chi connectivity index (χ3v) is 3.44. The second kappa shape index (κ2) is 6.38. The minimum Gasteiger partial charge on any atom is -0.444 e. The molecule has 2 aromatic heterocycles. The number of piperazine rings is 1. The summed E-state index contributed by atoms with van der Waals surface area (Å²) in [6.07, 6.45) is 1.29. The number of amides is 1. The number of nitrogens with zero attached hydrogens (tertiary/aromatic N) is 8. The third-order valence-electron chi connectivity index (χ3n) is 3.44. The van der Waals surface area contributed by atoms with Crippen LogP contribution in [0.25, 0.3) is 5.82 Å². The number of anilines is 1. The maximum Gasteiger partial charge on any atom is 0.410 e. The molecule has 1 aliphatic rings. The fourth-order valence-electron chi connectivity index (χ4n) is 2.35. The molecule has 3 heterocycles. The molecule has 0 saturated carbocycles. The molecular formula is C14H20N8O2. The van der Waals surface area contributed by atoms with Gasteiger partial charge in [0.25, 0.3) is 5.95 Å². The monoisotopic (exact) mass is 332 g/mol. The molecule has 0 radical (unpaired) electrons. The predicted octanol–water partition coefficient (Wildman–Crippen LogP) is 0.509. The summed E-state index contributed by atoms with van der Waals surface area (Å²) in [4.78, 5) is 15.8. The topological polar surface area (TPSA) is 102 Å². The summed E-state index contributed by atoms with van der Waals surface area (Å²) in [5.41, 5.74) is -0.496. The number of carbonyl (C=O) groups excluding carboxylic acids is 1. The zero-order chi connectivity index (χ0) is 17.2. The van der Waals surface area contributed by atoms with Crippen molar-refractivity contribution in [3.05, 3.63) is 18.3 Å². The second-order valence-electron chi connectivity index (χ2n) is 6.43. The molecule has 0 aromatic carbocycles. The number of carbonyl (C=O) groups is 1. The highest BCUT2D eigenvalue weighted by molar-refractivity contribution is 5.68. The molecule has 0 atom stereocenters. The zero-order valence-corrected chi connectivity index (χ0v) is 14.0. The van der Waals surface area contributed by atoms with Gasteiger partial charge in [0.15, 0.2) is 5.82 Å². The first-order valence-corrected chi connectivity index (χ1v) is 7.73. The number of tetrazole rings is 1. The Kier molecular flexibility index (Phi) is 4.28. The van der Waals surface area contributed by atoms with Gasteiger partial charge >= 0.3 is 6.09 Å². The summed E-state index contributed by atoms with van der Waals surface area (Å²) >= 11 is 0. The molecule has 3 rings (SSSR count). The standard InChI is InChI=1S/C14H20N8O2/c1-14(2,3)24-13(23)21-9-7-20(8-10-21)12-17-18-19-22(12)11-5-4-6-15-16-11/h4-6H,7-10H2,1-3H3. The Balaban J connectivity index is 1.66. The number of ether oxygens (including phenoxy) is 1. The molecule has 0 aliphatic carbocycles. The van der Waals surface area contributed by atoms with Gasteiger partial charge in [0, 0.05) is 32.4 Å². The van der Waals surface area contributed by atoms with Crippen LogP contribution in [0, 0.1) is 0 Å². The Morgan fingerprint density at radius 1 is 1.17 bits per heavy atom. The number of rotatable bonds is 2. The summed E-state index contributed by atoms with van der Waals surface area (Å²) in [5.74, 6) is 1.13. The van der Waals surface area contributed by atoms with Crippen molar-refractivity contribution in [1.82, 2.24) is 35.3 Å². The Morgan fingerprint density at radius 3 is 2.54 bits per heavy atom. The molecule has 1 saturated heterocycles. The molecule has 128 valence electrons. The van der Waals surface area contributed by atoms with Crippen molar-refractivity contribution in [2.45, 2.75) is 26.4 Å². The van der Waals surface area contributed by atoms with Gasteiger partial charge in [0.05, 0.1) is 0 Å². The number of hydrogen-bond acceptors (Lipinski definition) is 8. The van der Waals surface area contributed by atoms with Gasteiger partial charge in [-0.25, -0.2) is 4.79 Å². The van der Waals surface area contributed by atoms with Crippen molar-refractivity contribution in [2.75, 3.05) is 31.1 Å². The van der Waals surface area contributed by atoms with E-state index in [0.717, 1.165) is 0 Å². The fraction of sp³-hybridized carbons (Fsp3) is 0.571. The average molecular weight is 332 g/mol. The smallest absolute Gasteiger partial charge is 0.410 e. The SMILES string of the molecule is CC(C)(C)OC(=O)N1CCN(c2nnnn2-c2cccnn2)CC1. The van der Waals surface area contributed by atoms with Crippen molar-refractivity contribution in [1.29, 1.82) is 0 Å². The lowest BCUT2D eigenvalue weighted by atomic mass is 10.2. The molecule has 2 aromatic rings. The average Bonchev–Trinajstić information content (AvgIpc) is 3.04. The molecule has 10 nitrogen and oxygen atoms in total. The fourth-order valence-corrected chi connectivity index (χ4v) is 2.35. The quantitative estimate of drug-likeness (QED) is 0.784. The van der Waals surface area contributed by atoms with E-state index < -0.39 is 5.60 Å². The lowest BCUT2D eigenvalue weighted by molar-refractivity contribution is 0.0240. The van der Waals surface area contributed by atoms with E-state index in [0.29, 0.717) is 37.9 Å². The van der Waals surface area contributed by atoms with E-state index in [2.05, 4.69) is 25.7 Å². The summed E-state index contributed by atoms with van der Waals surface area (Å²) in [5, 5.41) is 19.6. The zero-order valence-electron chi connectivity index (χ0n) is 14.0. The minimum atomic E-state index is -0.496. The maximum absolute atomic E-state index is 12.1. The van der Waals surface area contributed by atoms with Gasteiger partial charge in [-0.05, 0) is 43.3 Å². The van der Waals surface area contributed by atoms with Gasteiger partial charge in [-0.15, -0.1) is 5.10 Å². The molecule has 1 fully saturated rings. The molecule has 1 aliphatic heterocycles. The minimum absolute atomic E-state index is 0.296. The molecule has 0 bridgehead atoms. The van der Waals surface area contributed by atoms with Crippen LogP contribution in [0.3, 0.4) is 0 Å². The van der Waals surface area contributed by atoms with Gasteiger partial charge in [0.2, 0.25) is 0 Å². The summed E-state index contributed by atoms with van der Waals surface area (Å²) in [6.45, 7) is 7.88. The van der Waals surface area contributed by atoms with Crippen molar-refractivity contribution in [3.8, 4) is 5.82 Å². The molecule has 0 spiro atoms. The molecule has 1 amide bonds. The number of hydrogen-bond donors (Lipinski definition) is 0. The van der Waals surface area contributed by atoms with Crippen LogP contribution in [0.2, 0.25) is 0 Å². The van der Waals surface area contributed by atoms with Gasteiger partial charge in [-0.2, -0.15) is 9.78 Å². The van der Waals surface area contributed by atoms with Gasteiger partial charge in [-0.3, -0.25) is 0 Å². The highest BCUT2D eigenvalue weighted by atomic mass is 16.6.